The van der Waals surface area contributed by atoms with Gasteiger partial charge in [-0.25, -0.2) is 0 Å². The van der Waals surface area contributed by atoms with Gasteiger partial charge in [0, 0.05) is 13.5 Å². The highest BCUT2D eigenvalue weighted by molar-refractivity contribution is 6.40. The van der Waals surface area contributed by atoms with Gasteiger partial charge in [-0.2, -0.15) is 0 Å². The van der Waals surface area contributed by atoms with Crippen LogP contribution in [0.25, 0.3) is 0 Å². The summed E-state index contributed by atoms with van der Waals surface area (Å²) in [6.07, 6.45) is 2.04. The number of carbonyl (C=O) groups is 1. The molecule has 96 valence electrons. The lowest BCUT2D eigenvalue weighted by atomic mass is 10.4. The Bertz CT molecular complexity index is 100. The summed E-state index contributed by atoms with van der Waals surface area (Å²) in [7, 11) is 0. The van der Waals surface area contributed by atoms with Crippen molar-refractivity contribution in [2.75, 3.05) is 18.6 Å². The van der Waals surface area contributed by atoms with Gasteiger partial charge in [-0.1, -0.05) is 13.3 Å². The molecule has 0 rings (SSSR count). The summed E-state index contributed by atoms with van der Waals surface area (Å²) in [5.41, 5.74) is 0. The Labute approximate surface area is 102 Å². The lowest BCUT2D eigenvalue weighted by Crippen LogP contribution is -1.95. The van der Waals surface area contributed by atoms with Gasteiger partial charge >= 0.3 is 5.97 Å². The van der Waals surface area contributed by atoms with Crippen LogP contribution < -0.4 is 0 Å². The molecule has 0 saturated heterocycles. The molecule has 0 saturated carbocycles. The van der Waals surface area contributed by atoms with Gasteiger partial charge in [-0.15, -0.1) is 23.2 Å². The Hall–Kier alpha value is -0.0300. The van der Waals surface area contributed by atoms with Crippen LogP contribution in [0.1, 0.15) is 33.6 Å². The standard InChI is InChI=1S/C4H8O2.C4H10O.CH2Cl2.H2O/c1-3-6-4(2)5;1-2-3-4-5;2-1-3;/h3H2,1-2H3;5H,2-4H2,1H3;1H2;1H2. The van der Waals surface area contributed by atoms with E-state index in [1.165, 1.54) is 6.92 Å². The number of rotatable bonds is 3. The summed E-state index contributed by atoms with van der Waals surface area (Å²) >= 11 is 9.53. The van der Waals surface area contributed by atoms with E-state index in [9.17, 15) is 4.79 Å². The van der Waals surface area contributed by atoms with Crippen LogP contribution >= 0.6 is 23.2 Å². The number of hydrogen-bond acceptors (Lipinski definition) is 3. The van der Waals surface area contributed by atoms with Gasteiger partial charge in [0.2, 0.25) is 0 Å². The van der Waals surface area contributed by atoms with Gasteiger partial charge in [0.1, 0.15) is 0 Å². The first kappa shape index (κ1) is 24.3. The fourth-order valence-corrected chi connectivity index (χ4v) is 0.361. The molecule has 0 atom stereocenters. The van der Waals surface area contributed by atoms with Crippen molar-refractivity contribution in [3.05, 3.63) is 0 Å². The number of esters is 1. The van der Waals surface area contributed by atoms with Crippen LogP contribution in [-0.4, -0.2) is 35.1 Å². The minimum absolute atomic E-state index is 0. The molecule has 0 unspecified atom stereocenters. The predicted octanol–water partition coefficient (Wildman–Crippen LogP) is 1.95. The SMILES string of the molecule is CCCCO.CCOC(C)=O.ClCCl.O. The molecule has 0 spiro atoms. The van der Waals surface area contributed by atoms with Crippen molar-refractivity contribution in [3.63, 3.8) is 0 Å². The quantitative estimate of drug-likeness (QED) is 0.625. The number of carbonyl (C=O) groups excluding carboxylic acids is 1. The Kier molecular flexibility index (Phi) is 47.3. The number of hydrogen-bond donors (Lipinski definition) is 1. The van der Waals surface area contributed by atoms with Gasteiger partial charge in [-0.3, -0.25) is 4.79 Å². The van der Waals surface area contributed by atoms with E-state index in [0.717, 1.165) is 12.8 Å². The zero-order valence-corrected chi connectivity index (χ0v) is 11.1. The van der Waals surface area contributed by atoms with E-state index in [4.69, 9.17) is 28.3 Å². The van der Waals surface area contributed by atoms with Crippen LogP contribution in [0.5, 0.6) is 0 Å². The molecule has 0 amide bonds. The highest BCUT2D eigenvalue weighted by atomic mass is 35.5. The second-order valence-corrected chi connectivity index (χ2v) is 2.91. The molecule has 0 aromatic rings. The van der Waals surface area contributed by atoms with Gasteiger partial charge < -0.3 is 15.3 Å². The lowest BCUT2D eigenvalue weighted by molar-refractivity contribution is -0.140. The zero-order chi connectivity index (χ0) is 11.8. The molecular formula is C9H22Cl2O4. The maximum Gasteiger partial charge on any atom is 0.302 e. The molecule has 0 aromatic heterocycles. The van der Waals surface area contributed by atoms with Crippen molar-refractivity contribution < 1.29 is 20.1 Å². The average molecular weight is 265 g/mol. The van der Waals surface area contributed by atoms with Gasteiger partial charge in [-0.05, 0) is 13.3 Å². The molecule has 15 heavy (non-hydrogen) atoms. The second kappa shape index (κ2) is 29.2. The average Bonchev–Trinajstić information content (AvgIpc) is 2.07. The Morgan fingerprint density at radius 3 is 1.73 bits per heavy atom. The first-order valence-corrected chi connectivity index (χ1v) is 5.53. The minimum Gasteiger partial charge on any atom is -0.466 e. The lowest BCUT2D eigenvalue weighted by Gasteiger charge is -1.89. The van der Waals surface area contributed by atoms with E-state index >= 15 is 0 Å². The van der Waals surface area contributed by atoms with Crippen molar-refractivity contribution in [2.45, 2.75) is 33.6 Å². The number of aliphatic hydroxyl groups is 1. The van der Waals surface area contributed by atoms with Crippen LogP contribution in [0.2, 0.25) is 0 Å². The Morgan fingerprint density at radius 2 is 1.73 bits per heavy atom. The Morgan fingerprint density at radius 1 is 1.33 bits per heavy atom. The molecule has 0 heterocycles. The fraction of sp³-hybridized carbons (Fsp3) is 0.889. The fourth-order valence-electron chi connectivity index (χ4n) is 0.361. The van der Waals surface area contributed by atoms with Crippen molar-refractivity contribution in [2.24, 2.45) is 0 Å². The van der Waals surface area contributed by atoms with E-state index < -0.39 is 0 Å². The number of unbranched alkanes of at least 4 members (excludes halogenated alkanes) is 1. The third-order valence-electron chi connectivity index (χ3n) is 0.859. The van der Waals surface area contributed by atoms with Crippen LogP contribution in [0, 0.1) is 0 Å². The highest BCUT2D eigenvalue weighted by Crippen LogP contribution is 1.78. The smallest absolute Gasteiger partial charge is 0.302 e. The normalized spacial score (nSPS) is 7.07. The number of alkyl halides is 2. The van der Waals surface area contributed by atoms with Crippen molar-refractivity contribution in [3.8, 4) is 0 Å². The second-order valence-electron chi connectivity index (χ2n) is 2.10. The molecule has 0 aliphatic heterocycles. The van der Waals surface area contributed by atoms with Crippen LogP contribution in [0.4, 0.5) is 0 Å². The molecule has 0 fully saturated rings. The largest absolute Gasteiger partial charge is 0.466 e. The maximum atomic E-state index is 9.82. The summed E-state index contributed by atoms with van der Waals surface area (Å²) in [6.45, 7) is 6.05. The first-order chi connectivity index (χ1) is 6.60. The monoisotopic (exact) mass is 264 g/mol. The summed E-state index contributed by atoms with van der Waals surface area (Å²) in [5.74, 6) is -0.211. The zero-order valence-electron chi connectivity index (χ0n) is 9.56. The van der Waals surface area contributed by atoms with E-state index in [-0.39, 0.29) is 16.8 Å². The molecule has 3 N–H and O–H groups in total. The molecule has 0 aliphatic carbocycles. The molecule has 6 heteroatoms. The number of ether oxygens (including phenoxy) is 1. The van der Waals surface area contributed by atoms with Crippen molar-refractivity contribution in [1.29, 1.82) is 0 Å². The molecular weight excluding hydrogens is 243 g/mol. The molecule has 0 bridgehead atoms. The Balaban J connectivity index is -0.0000000617. The van der Waals surface area contributed by atoms with Crippen LogP contribution in [0.3, 0.4) is 0 Å². The number of halogens is 2. The van der Waals surface area contributed by atoms with Gasteiger partial charge in [0.25, 0.3) is 0 Å². The minimum atomic E-state index is -0.211. The van der Waals surface area contributed by atoms with E-state index in [2.05, 4.69) is 11.7 Å². The molecule has 0 aliphatic rings. The topological polar surface area (TPSA) is 78.0 Å². The first-order valence-electron chi connectivity index (χ1n) is 4.46. The summed E-state index contributed by atoms with van der Waals surface area (Å²) in [6, 6.07) is 0. The van der Waals surface area contributed by atoms with Gasteiger partial charge in [0.15, 0.2) is 0 Å². The summed E-state index contributed by atoms with van der Waals surface area (Å²) in [5, 5.41) is 8.26. The van der Waals surface area contributed by atoms with E-state index in [1.54, 1.807) is 6.92 Å². The predicted molar refractivity (Wildman–Crippen MR) is 64.5 cm³/mol. The summed E-state index contributed by atoms with van der Waals surface area (Å²) < 4.78 is 4.40. The molecule has 0 radical (unpaired) electrons. The van der Waals surface area contributed by atoms with E-state index in [1.807, 2.05) is 0 Å². The molecule has 4 nitrogen and oxygen atoms in total. The third-order valence-corrected chi connectivity index (χ3v) is 0.859. The maximum absolute atomic E-state index is 9.82. The summed E-state index contributed by atoms with van der Waals surface area (Å²) in [4.78, 5) is 9.82. The van der Waals surface area contributed by atoms with Crippen LogP contribution in [-0.2, 0) is 9.53 Å². The van der Waals surface area contributed by atoms with Crippen molar-refractivity contribution >= 4 is 29.2 Å². The van der Waals surface area contributed by atoms with E-state index in [0.29, 0.717) is 13.2 Å². The third kappa shape index (κ3) is 81.0. The van der Waals surface area contributed by atoms with Crippen molar-refractivity contribution in [1.82, 2.24) is 0 Å². The number of aliphatic hydroxyl groups excluding tert-OH is 1. The molecule has 0 aromatic carbocycles. The highest BCUT2D eigenvalue weighted by Gasteiger charge is 1.81. The van der Waals surface area contributed by atoms with Gasteiger partial charge in [0.05, 0.1) is 11.9 Å². The van der Waals surface area contributed by atoms with Crippen LogP contribution in [0.15, 0.2) is 0 Å².